The minimum absolute atomic E-state index is 0.0781. The summed E-state index contributed by atoms with van der Waals surface area (Å²) in [6.45, 7) is 19.1. The standard InChI is InChI=1S/C44H81NO7/c1-29(2)13-17-49-25-35-21-33(23-46)42(40(35)27-51-18-14-30(3)4)38-11-12-39(44(38)48)43-34(24-47)22-36(41(43)28-52-19-15-31(5)6)26-50-20-16-32-7-9-37(45)10-8-32/h29-43,46-47H,7-28,45H2,1-6H3/t32?,33-,34+,35+,36-,37?,38?,39?,40-,41+,42?,43?/m0/s1. The van der Waals surface area contributed by atoms with E-state index >= 15 is 0 Å². The van der Waals surface area contributed by atoms with Gasteiger partial charge >= 0.3 is 0 Å². The quantitative estimate of drug-likeness (QED) is 0.0877. The lowest BCUT2D eigenvalue weighted by atomic mass is 9.73. The zero-order chi connectivity index (χ0) is 37.6. The summed E-state index contributed by atoms with van der Waals surface area (Å²) >= 11 is 0. The first-order valence-electron chi connectivity index (χ1n) is 21.9. The van der Waals surface area contributed by atoms with Gasteiger partial charge in [0.25, 0.3) is 0 Å². The van der Waals surface area contributed by atoms with Gasteiger partial charge in [0.1, 0.15) is 5.78 Å². The molecule has 10 atom stereocenters. The molecule has 0 heterocycles. The van der Waals surface area contributed by atoms with Crippen LogP contribution in [-0.2, 0) is 23.7 Å². The second kappa shape index (κ2) is 22.8. The normalized spacial score (nSPS) is 35.6. The van der Waals surface area contributed by atoms with Crippen molar-refractivity contribution in [2.45, 2.75) is 125 Å². The summed E-state index contributed by atoms with van der Waals surface area (Å²) in [6, 6.07) is 0.365. The average molecular weight is 736 g/mol. The van der Waals surface area contributed by atoms with E-state index in [1.54, 1.807) is 0 Å². The number of ether oxygens (including phenoxy) is 4. The first-order chi connectivity index (χ1) is 25.0. The Morgan fingerprint density at radius 2 is 0.981 bits per heavy atom. The number of rotatable bonds is 24. The van der Waals surface area contributed by atoms with Gasteiger partial charge in [-0.25, -0.2) is 0 Å². The molecule has 4 saturated carbocycles. The van der Waals surface area contributed by atoms with Crippen LogP contribution in [0.2, 0.25) is 0 Å². The van der Waals surface area contributed by atoms with Gasteiger partial charge in [0.15, 0.2) is 0 Å². The van der Waals surface area contributed by atoms with Gasteiger partial charge in [-0.2, -0.15) is 0 Å². The number of hydrogen-bond acceptors (Lipinski definition) is 8. The topological polar surface area (TPSA) is 120 Å². The Bertz CT molecular complexity index is 984. The fraction of sp³-hybridized carbons (Fsp3) is 0.977. The fourth-order valence-corrected chi connectivity index (χ4v) is 10.6. The van der Waals surface area contributed by atoms with E-state index in [4.69, 9.17) is 24.7 Å². The first kappa shape index (κ1) is 44.1. The molecule has 0 aliphatic heterocycles. The van der Waals surface area contributed by atoms with Crippen LogP contribution in [0.25, 0.3) is 0 Å². The molecule has 8 heteroatoms. The molecule has 304 valence electrons. The molecule has 52 heavy (non-hydrogen) atoms. The maximum absolute atomic E-state index is 14.8. The van der Waals surface area contributed by atoms with Crippen molar-refractivity contribution in [3.63, 3.8) is 0 Å². The van der Waals surface area contributed by atoms with Crippen molar-refractivity contribution in [3.05, 3.63) is 0 Å². The predicted octanol–water partition coefficient (Wildman–Crippen LogP) is 7.42. The molecule has 0 bridgehead atoms. The van der Waals surface area contributed by atoms with E-state index in [0.29, 0.717) is 61.9 Å². The Morgan fingerprint density at radius 3 is 1.38 bits per heavy atom. The summed E-state index contributed by atoms with van der Waals surface area (Å²) < 4.78 is 25.4. The molecule has 4 unspecified atom stereocenters. The molecule has 4 aliphatic rings. The number of hydrogen-bond donors (Lipinski definition) is 3. The van der Waals surface area contributed by atoms with Crippen molar-refractivity contribution >= 4 is 5.78 Å². The zero-order valence-corrected chi connectivity index (χ0v) is 34.2. The second-order valence-electron chi connectivity index (χ2n) is 19.0. The zero-order valence-electron chi connectivity index (χ0n) is 34.2. The van der Waals surface area contributed by atoms with Crippen LogP contribution in [0.15, 0.2) is 0 Å². The molecule has 4 fully saturated rings. The third-order valence-corrected chi connectivity index (χ3v) is 13.8. The molecule has 4 aliphatic carbocycles. The van der Waals surface area contributed by atoms with Crippen LogP contribution >= 0.6 is 0 Å². The highest BCUT2D eigenvalue weighted by Gasteiger charge is 2.56. The fourth-order valence-electron chi connectivity index (χ4n) is 10.6. The molecule has 0 spiro atoms. The number of carbonyl (C=O) groups excluding carboxylic acids is 1. The molecule has 0 saturated heterocycles. The van der Waals surface area contributed by atoms with Crippen LogP contribution < -0.4 is 5.73 Å². The first-order valence-corrected chi connectivity index (χ1v) is 21.9. The van der Waals surface area contributed by atoms with Gasteiger partial charge in [0, 0.05) is 70.7 Å². The van der Waals surface area contributed by atoms with Crippen LogP contribution in [0.3, 0.4) is 0 Å². The van der Waals surface area contributed by atoms with Crippen molar-refractivity contribution in [1.82, 2.24) is 0 Å². The van der Waals surface area contributed by atoms with Gasteiger partial charge in [-0.15, -0.1) is 0 Å². The van der Waals surface area contributed by atoms with Crippen molar-refractivity contribution in [1.29, 1.82) is 0 Å². The molecule has 0 radical (unpaired) electrons. The Labute approximate surface area is 318 Å². The number of aliphatic hydroxyl groups is 2. The van der Waals surface area contributed by atoms with Gasteiger partial charge in [-0.3, -0.25) is 4.79 Å². The van der Waals surface area contributed by atoms with Gasteiger partial charge in [-0.05, 0) is 148 Å². The second-order valence-corrected chi connectivity index (χ2v) is 19.0. The smallest absolute Gasteiger partial charge is 0.139 e. The molecule has 4 rings (SSSR count). The number of ketones is 1. The van der Waals surface area contributed by atoms with Crippen molar-refractivity contribution in [2.75, 3.05) is 66.1 Å². The van der Waals surface area contributed by atoms with E-state index in [-0.39, 0.29) is 72.4 Å². The SMILES string of the molecule is CC(C)CCOC[C@H]1C[C@@H](CO)C(C2CCC(C3[C@@H](CO)C[C@@H](COCCC4CCC(N)CC4)[C@H]3COCCC(C)C)C2=O)[C@H]1COCCC(C)C. The highest BCUT2D eigenvalue weighted by Crippen LogP contribution is 2.55. The Hall–Kier alpha value is -0.610. The summed E-state index contributed by atoms with van der Waals surface area (Å²) in [5, 5.41) is 21.5. The van der Waals surface area contributed by atoms with E-state index < -0.39 is 0 Å². The van der Waals surface area contributed by atoms with E-state index in [1.807, 2.05) is 0 Å². The Kier molecular flexibility index (Phi) is 19.4. The molecule has 0 amide bonds. The highest BCUT2D eigenvalue weighted by molar-refractivity contribution is 5.86. The van der Waals surface area contributed by atoms with Crippen LogP contribution in [-0.4, -0.2) is 88.1 Å². The van der Waals surface area contributed by atoms with Crippen molar-refractivity contribution in [3.8, 4) is 0 Å². The van der Waals surface area contributed by atoms with E-state index in [0.717, 1.165) is 90.6 Å². The van der Waals surface area contributed by atoms with E-state index in [9.17, 15) is 15.0 Å². The van der Waals surface area contributed by atoms with Crippen LogP contribution in [0.4, 0.5) is 0 Å². The lowest BCUT2D eigenvalue weighted by Crippen LogP contribution is -2.38. The largest absolute Gasteiger partial charge is 0.396 e. The van der Waals surface area contributed by atoms with Crippen LogP contribution in [0.5, 0.6) is 0 Å². The summed E-state index contributed by atoms with van der Waals surface area (Å²) in [6.07, 6.45) is 12.3. The van der Waals surface area contributed by atoms with Gasteiger partial charge in [0.2, 0.25) is 0 Å². The summed E-state index contributed by atoms with van der Waals surface area (Å²) in [5.74, 6) is 3.97. The Morgan fingerprint density at radius 1 is 0.577 bits per heavy atom. The maximum atomic E-state index is 14.8. The Balaban J connectivity index is 1.46. The molecule has 0 aromatic carbocycles. The van der Waals surface area contributed by atoms with E-state index in [2.05, 4.69) is 41.5 Å². The maximum Gasteiger partial charge on any atom is 0.139 e. The molecule has 0 aromatic rings. The summed E-state index contributed by atoms with van der Waals surface area (Å²) in [4.78, 5) is 14.8. The van der Waals surface area contributed by atoms with E-state index in [1.165, 1.54) is 12.8 Å². The third-order valence-electron chi connectivity index (χ3n) is 13.8. The minimum Gasteiger partial charge on any atom is -0.396 e. The number of aliphatic hydroxyl groups excluding tert-OH is 2. The number of carbonyl (C=O) groups is 1. The average Bonchev–Trinajstić information content (AvgIpc) is 3.77. The van der Waals surface area contributed by atoms with Crippen LogP contribution in [0, 0.1) is 82.9 Å². The van der Waals surface area contributed by atoms with Crippen LogP contribution in [0.1, 0.15) is 119 Å². The van der Waals surface area contributed by atoms with Gasteiger partial charge in [-0.1, -0.05) is 41.5 Å². The predicted molar refractivity (Wildman–Crippen MR) is 209 cm³/mol. The van der Waals surface area contributed by atoms with Crippen molar-refractivity contribution in [2.24, 2.45) is 88.6 Å². The van der Waals surface area contributed by atoms with Gasteiger partial charge < -0.3 is 34.9 Å². The minimum atomic E-state index is -0.0829. The molecular formula is C44H81NO7. The van der Waals surface area contributed by atoms with Crippen molar-refractivity contribution < 1.29 is 34.0 Å². The highest BCUT2D eigenvalue weighted by atomic mass is 16.5. The lowest BCUT2D eigenvalue weighted by Gasteiger charge is -2.33. The summed E-state index contributed by atoms with van der Waals surface area (Å²) in [7, 11) is 0. The monoisotopic (exact) mass is 736 g/mol. The summed E-state index contributed by atoms with van der Waals surface area (Å²) in [5.41, 5.74) is 6.14. The number of Topliss-reactive ketones (excluding diaryl/α,β-unsaturated/α-hetero) is 1. The number of nitrogens with two attached hydrogens (primary N) is 1. The molecule has 0 aromatic heterocycles. The molecule has 4 N–H and O–H groups in total. The molecule has 8 nitrogen and oxygen atoms in total. The third kappa shape index (κ3) is 13.0. The van der Waals surface area contributed by atoms with Gasteiger partial charge in [0.05, 0.1) is 13.2 Å². The lowest BCUT2D eigenvalue weighted by molar-refractivity contribution is -0.130. The molecular weight excluding hydrogens is 654 g/mol.